The van der Waals surface area contributed by atoms with E-state index in [9.17, 15) is 4.79 Å². The Morgan fingerprint density at radius 2 is 1.94 bits per heavy atom. The number of amides is 1. The summed E-state index contributed by atoms with van der Waals surface area (Å²) in [7, 11) is 0. The van der Waals surface area contributed by atoms with E-state index >= 15 is 0 Å². The first kappa shape index (κ1) is 14.5. The van der Waals surface area contributed by atoms with Crippen molar-refractivity contribution in [3.05, 3.63) is 40.0 Å². The standard InChI is InChI=1S/C16H23NO/c1-5-13-9-14(6-2)12(4)15(10-13)7-11(3)8-16(17)18/h7,9-10H,5-6,8H2,1-4H3,(H2,17,18)/b11-7+. The number of carbonyl (C=O) groups excluding carboxylic acids is 1. The van der Waals surface area contributed by atoms with Crippen LogP contribution in [0.4, 0.5) is 0 Å². The second kappa shape index (κ2) is 6.39. The third-order valence-corrected chi connectivity index (χ3v) is 3.26. The van der Waals surface area contributed by atoms with Crippen molar-refractivity contribution >= 4 is 12.0 Å². The van der Waals surface area contributed by atoms with Crippen molar-refractivity contribution in [1.29, 1.82) is 0 Å². The van der Waals surface area contributed by atoms with E-state index < -0.39 is 0 Å². The Balaban J connectivity index is 3.18. The van der Waals surface area contributed by atoms with Crippen LogP contribution in [0.5, 0.6) is 0 Å². The van der Waals surface area contributed by atoms with Gasteiger partial charge in [0.15, 0.2) is 0 Å². The summed E-state index contributed by atoms with van der Waals surface area (Å²) >= 11 is 0. The summed E-state index contributed by atoms with van der Waals surface area (Å²) in [6.45, 7) is 8.43. The highest BCUT2D eigenvalue weighted by Gasteiger charge is 2.05. The van der Waals surface area contributed by atoms with Gasteiger partial charge < -0.3 is 5.73 Å². The minimum Gasteiger partial charge on any atom is -0.369 e. The van der Waals surface area contributed by atoms with Gasteiger partial charge in [0.25, 0.3) is 0 Å². The minimum absolute atomic E-state index is 0.274. The van der Waals surface area contributed by atoms with Gasteiger partial charge in [-0.2, -0.15) is 0 Å². The van der Waals surface area contributed by atoms with Crippen LogP contribution in [0.3, 0.4) is 0 Å². The van der Waals surface area contributed by atoms with E-state index in [4.69, 9.17) is 5.73 Å². The van der Waals surface area contributed by atoms with E-state index in [2.05, 4.69) is 39.0 Å². The van der Waals surface area contributed by atoms with Crippen molar-refractivity contribution < 1.29 is 4.79 Å². The van der Waals surface area contributed by atoms with Gasteiger partial charge in [-0.15, -0.1) is 0 Å². The summed E-state index contributed by atoms with van der Waals surface area (Å²) in [4.78, 5) is 10.9. The molecule has 0 aliphatic heterocycles. The first-order valence-corrected chi connectivity index (χ1v) is 6.55. The van der Waals surface area contributed by atoms with Crippen molar-refractivity contribution in [2.45, 2.75) is 47.0 Å². The molecule has 0 heterocycles. The molecule has 0 aromatic heterocycles. The smallest absolute Gasteiger partial charge is 0.221 e. The lowest BCUT2D eigenvalue weighted by Crippen LogP contribution is -2.10. The zero-order valence-corrected chi connectivity index (χ0v) is 11.8. The number of primary amides is 1. The lowest BCUT2D eigenvalue weighted by molar-refractivity contribution is -0.117. The topological polar surface area (TPSA) is 43.1 Å². The van der Waals surface area contributed by atoms with Crippen LogP contribution in [0, 0.1) is 6.92 Å². The van der Waals surface area contributed by atoms with Gasteiger partial charge >= 0.3 is 0 Å². The Morgan fingerprint density at radius 3 is 2.44 bits per heavy atom. The van der Waals surface area contributed by atoms with Crippen LogP contribution in [-0.4, -0.2) is 5.91 Å². The Morgan fingerprint density at radius 1 is 1.28 bits per heavy atom. The molecule has 98 valence electrons. The van der Waals surface area contributed by atoms with Crippen molar-refractivity contribution in [1.82, 2.24) is 0 Å². The van der Waals surface area contributed by atoms with Crippen molar-refractivity contribution in [3.63, 3.8) is 0 Å². The molecule has 1 rings (SSSR count). The quantitative estimate of drug-likeness (QED) is 0.849. The first-order chi connectivity index (χ1) is 8.47. The highest BCUT2D eigenvalue weighted by Crippen LogP contribution is 2.21. The van der Waals surface area contributed by atoms with Gasteiger partial charge in [-0.1, -0.05) is 37.6 Å². The summed E-state index contributed by atoms with van der Waals surface area (Å²) in [6.07, 6.45) is 4.48. The second-order valence-corrected chi connectivity index (χ2v) is 4.81. The molecule has 0 saturated carbocycles. The normalized spacial score (nSPS) is 11.7. The van der Waals surface area contributed by atoms with Crippen LogP contribution in [0.15, 0.2) is 17.7 Å². The van der Waals surface area contributed by atoms with Gasteiger partial charge in [-0.05, 0) is 48.9 Å². The van der Waals surface area contributed by atoms with E-state index in [0.717, 1.165) is 18.4 Å². The van der Waals surface area contributed by atoms with Crippen LogP contribution in [0.1, 0.15) is 49.4 Å². The predicted octanol–water partition coefficient (Wildman–Crippen LogP) is 3.40. The Kier molecular flexibility index (Phi) is 5.14. The molecule has 2 heteroatoms. The summed E-state index contributed by atoms with van der Waals surface area (Å²) in [5, 5.41) is 0. The molecule has 0 unspecified atom stereocenters. The maximum Gasteiger partial charge on any atom is 0.221 e. The number of carbonyl (C=O) groups is 1. The highest BCUT2D eigenvalue weighted by molar-refractivity contribution is 5.78. The maximum atomic E-state index is 10.9. The minimum atomic E-state index is -0.274. The third-order valence-electron chi connectivity index (χ3n) is 3.26. The number of aryl methyl sites for hydroxylation is 2. The number of hydrogen-bond donors (Lipinski definition) is 1. The Bertz CT molecular complexity index is 472. The zero-order valence-electron chi connectivity index (χ0n) is 11.8. The average Bonchev–Trinajstić information content (AvgIpc) is 2.30. The van der Waals surface area contributed by atoms with Crippen LogP contribution >= 0.6 is 0 Å². The lowest BCUT2D eigenvalue weighted by Gasteiger charge is -2.11. The number of benzene rings is 1. The largest absolute Gasteiger partial charge is 0.369 e. The Hall–Kier alpha value is -1.57. The van der Waals surface area contributed by atoms with E-state index in [-0.39, 0.29) is 5.91 Å². The van der Waals surface area contributed by atoms with E-state index in [1.165, 1.54) is 22.3 Å². The number of nitrogens with two attached hydrogens (primary N) is 1. The summed E-state index contributed by atoms with van der Waals surface area (Å²) in [6, 6.07) is 4.48. The van der Waals surface area contributed by atoms with Crippen LogP contribution in [0.2, 0.25) is 0 Å². The monoisotopic (exact) mass is 245 g/mol. The third kappa shape index (κ3) is 3.73. The highest BCUT2D eigenvalue weighted by atomic mass is 16.1. The number of hydrogen-bond acceptors (Lipinski definition) is 1. The van der Waals surface area contributed by atoms with Gasteiger partial charge in [-0.25, -0.2) is 0 Å². The lowest BCUT2D eigenvalue weighted by atomic mass is 9.94. The molecule has 0 aliphatic rings. The van der Waals surface area contributed by atoms with Crippen LogP contribution < -0.4 is 5.73 Å². The maximum absolute atomic E-state index is 10.9. The van der Waals surface area contributed by atoms with Crippen LogP contribution in [0.25, 0.3) is 6.08 Å². The number of rotatable bonds is 5. The molecule has 0 radical (unpaired) electrons. The first-order valence-electron chi connectivity index (χ1n) is 6.55. The molecule has 2 nitrogen and oxygen atoms in total. The van der Waals surface area contributed by atoms with Gasteiger partial charge in [0.2, 0.25) is 5.91 Å². The average molecular weight is 245 g/mol. The van der Waals surface area contributed by atoms with Crippen molar-refractivity contribution in [2.24, 2.45) is 5.73 Å². The van der Waals surface area contributed by atoms with E-state index in [0.29, 0.717) is 6.42 Å². The SMILES string of the molecule is CCc1cc(/C=C(\C)CC(N)=O)c(C)c(CC)c1. The molecule has 0 bridgehead atoms. The van der Waals surface area contributed by atoms with Crippen molar-refractivity contribution in [2.75, 3.05) is 0 Å². The van der Waals surface area contributed by atoms with E-state index in [1.807, 2.05) is 6.92 Å². The van der Waals surface area contributed by atoms with Crippen LogP contribution in [-0.2, 0) is 17.6 Å². The molecule has 0 aliphatic carbocycles. The molecule has 0 saturated heterocycles. The summed E-state index contributed by atoms with van der Waals surface area (Å²) < 4.78 is 0. The molecule has 1 aromatic carbocycles. The molecule has 2 N–H and O–H groups in total. The molecule has 1 aromatic rings. The summed E-state index contributed by atoms with van der Waals surface area (Å²) in [5.74, 6) is -0.274. The molecular formula is C16H23NO. The van der Waals surface area contributed by atoms with E-state index in [1.54, 1.807) is 0 Å². The van der Waals surface area contributed by atoms with Gasteiger partial charge in [-0.3, -0.25) is 4.79 Å². The fourth-order valence-corrected chi connectivity index (χ4v) is 2.18. The molecular weight excluding hydrogens is 222 g/mol. The molecule has 1 amide bonds. The van der Waals surface area contributed by atoms with Gasteiger partial charge in [0.1, 0.15) is 0 Å². The predicted molar refractivity (Wildman–Crippen MR) is 77.4 cm³/mol. The zero-order chi connectivity index (χ0) is 13.7. The second-order valence-electron chi connectivity index (χ2n) is 4.81. The van der Waals surface area contributed by atoms with Crippen molar-refractivity contribution in [3.8, 4) is 0 Å². The molecule has 0 spiro atoms. The Labute approximate surface area is 110 Å². The van der Waals surface area contributed by atoms with Gasteiger partial charge in [0.05, 0.1) is 0 Å². The fourth-order valence-electron chi connectivity index (χ4n) is 2.18. The molecule has 0 atom stereocenters. The molecule has 0 fully saturated rings. The van der Waals surface area contributed by atoms with Gasteiger partial charge in [0, 0.05) is 6.42 Å². The fraction of sp³-hybridized carbons (Fsp3) is 0.438. The molecule has 18 heavy (non-hydrogen) atoms. The summed E-state index contributed by atoms with van der Waals surface area (Å²) in [5.41, 5.74) is 11.5.